The lowest BCUT2D eigenvalue weighted by Gasteiger charge is -2.27. The van der Waals surface area contributed by atoms with Crippen molar-refractivity contribution in [3.05, 3.63) is 51.7 Å². The zero-order valence-corrected chi connectivity index (χ0v) is 13.6. The van der Waals surface area contributed by atoms with E-state index >= 15 is 0 Å². The van der Waals surface area contributed by atoms with Crippen LogP contribution in [0, 0.1) is 0 Å². The van der Waals surface area contributed by atoms with Gasteiger partial charge in [0.05, 0.1) is 7.11 Å². The Morgan fingerprint density at radius 1 is 1.33 bits per heavy atom. The number of nitrogens with one attached hydrogen (secondary N) is 1. The third-order valence-electron chi connectivity index (χ3n) is 4.26. The molecule has 1 aliphatic carbocycles. The van der Waals surface area contributed by atoms with Crippen LogP contribution in [0.4, 0.5) is 0 Å². The molecule has 21 heavy (non-hydrogen) atoms. The fourth-order valence-electron chi connectivity index (χ4n) is 3.26. The number of aryl methyl sites for hydroxylation is 1. The number of thiophene rings is 1. The van der Waals surface area contributed by atoms with E-state index in [1.165, 1.54) is 30.4 Å². The van der Waals surface area contributed by atoms with Crippen LogP contribution in [-0.4, -0.2) is 13.2 Å². The highest BCUT2D eigenvalue weighted by molar-refractivity contribution is 7.10. The lowest BCUT2D eigenvalue weighted by molar-refractivity contribution is 0.391. The van der Waals surface area contributed by atoms with Crippen LogP contribution in [0.25, 0.3) is 0 Å². The van der Waals surface area contributed by atoms with Gasteiger partial charge in [0, 0.05) is 17.0 Å². The monoisotopic (exact) mass is 301 g/mol. The molecule has 0 bridgehead atoms. The summed E-state index contributed by atoms with van der Waals surface area (Å²) in [5.74, 6) is 0.992. The summed E-state index contributed by atoms with van der Waals surface area (Å²) < 4.78 is 5.45. The number of fused-ring (bicyclic) bond motifs is 1. The van der Waals surface area contributed by atoms with Crippen molar-refractivity contribution in [2.45, 2.75) is 44.7 Å². The molecule has 1 aromatic carbocycles. The Labute approximate surface area is 131 Å². The highest BCUT2D eigenvalue weighted by Crippen LogP contribution is 2.33. The molecule has 1 heterocycles. The van der Waals surface area contributed by atoms with E-state index in [2.05, 4.69) is 35.8 Å². The molecule has 0 fully saturated rings. The van der Waals surface area contributed by atoms with Crippen LogP contribution >= 0.6 is 11.3 Å². The Morgan fingerprint density at radius 2 is 2.19 bits per heavy atom. The third-order valence-corrected chi connectivity index (χ3v) is 5.25. The number of hydrogen-bond acceptors (Lipinski definition) is 3. The summed E-state index contributed by atoms with van der Waals surface area (Å²) in [4.78, 5) is 1.57. The van der Waals surface area contributed by atoms with E-state index in [4.69, 9.17) is 4.74 Å². The first kappa shape index (κ1) is 14.6. The molecular weight excluding hydrogens is 278 g/mol. The van der Waals surface area contributed by atoms with Crippen LogP contribution in [0.15, 0.2) is 35.7 Å². The molecule has 1 aromatic heterocycles. The molecule has 2 nitrogen and oxygen atoms in total. The Hall–Kier alpha value is -1.32. The summed E-state index contributed by atoms with van der Waals surface area (Å²) in [7, 11) is 1.75. The second-order valence-electron chi connectivity index (χ2n) is 5.83. The zero-order valence-electron chi connectivity index (χ0n) is 12.8. The highest BCUT2D eigenvalue weighted by atomic mass is 32.1. The smallest absolute Gasteiger partial charge is 0.122 e. The topological polar surface area (TPSA) is 21.3 Å². The van der Waals surface area contributed by atoms with Crippen molar-refractivity contribution >= 4 is 11.3 Å². The van der Waals surface area contributed by atoms with Crippen LogP contribution in [0.5, 0.6) is 5.75 Å². The van der Waals surface area contributed by atoms with E-state index in [-0.39, 0.29) is 0 Å². The SMILES string of the molecule is COc1ccccc1CC(C)NC1CCCc2sccc21. The zero-order chi connectivity index (χ0) is 14.7. The summed E-state index contributed by atoms with van der Waals surface area (Å²) in [5.41, 5.74) is 2.81. The Balaban J connectivity index is 1.66. The van der Waals surface area contributed by atoms with Gasteiger partial charge in [-0.2, -0.15) is 0 Å². The quantitative estimate of drug-likeness (QED) is 0.886. The number of benzene rings is 1. The number of ether oxygens (including phenoxy) is 1. The van der Waals surface area contributed by atoms with Gasteiger partial charge in [-0.1, -0.05) is 18.2 Å². The Bertz CT molecular complexity index is 592. The van der Waals surface area contributed by atoms with Gasteiger partial charge in [-0.25, -0.2) is 0 Å². The summed E-state index contributed by atoms with van der Waals surface area (Å²) in [6, 6.07) is 11.6. The van der Waals surface area contributed by atoms with Gasteiger partial charge in [0.2, 0.25) is 0 Å². The van der Waals surface area contributed by atoms with E-state index in [1.807, 2.05) is 23.5 Å². The Kier molecular flexibility index (Phi) is 4.61. The summed E-state index contributed by atoms with van der Waals surface area (Å²) in [6.07, 6.45) is 4.80. The highest BCUT2D eigenvalue weighted by Gasteiger charge is 2.22. The van der Waals surface area contributed by atoms with Crippen LogP contribution in [-0.2, 0) is 12.8 Å². The second kappa shape index (κ2) is 6.63. The number of para-hydroxylation sites is 1. The van der Waals surface area contributed by atoms with Crippen molar-refractivity contribution in [1.29, 1.82) is 0 Å². The predicted octanol–water partition coefficient (Wildman–Crippen LogP) is 4.35. The molecule has 0 saturated carbocycles. The molecule has 1 aliphatic rings. The molecule has 0 amide bonds. The largest absolute Gasteiger partial charge is 0.496 e. The second-order valence-corrected chi connectivity index (χ2v) is 6.83. The van der Waals surface area contributed by atoms with Crippen molar-refractivity contribution in [1.82, 2.24) is 5.32 Å². The van der Waals surface area contributed by atoms with Crippen LogP contribution < -0.4 is 10.1 Å². The Morgan fingerprint density at radius 3 is 3.05 bits per heavy atom. The standard InChI is InChI=1S/C18H23NOS/c1-13(12-14-6-3-4-8-17(14)20-2)19-16-7-5-9-18-15(16)10-11-21-18/h3-4,6,8,10-11,13,16,19H,5,7,9,12H2,1-2H3. The van der Waals surface area contributed by atoms with Crippen LogP contribution in [0.1, 0.15) is 41.8 Å². The average molecular weight is 301 g/mol. The number of hydrogen-bond donors (Lipinski definition) is 1. The minimum Gasteiger partial charge on any atom is -0.496 e. The minimum absolute atomic E-state index is 0.442. The van der Waals surface area contributed by atoms with Gasteiger partial charge in [-0.15, -0.1) is 11.3 Å². The number of rotatable bonds is 5. The van der Waals surface area contributed by atoms with E-state index in [9.17, 15) is 0 Å². The lowest BCUT2D eigenvalue weighted by atomic mass is 9.93. The van der Waals surface area contributed by atoms with Gasteiger partial charge in [0.25, 0.3) is 0 Å². The molecule has 0 spiro atoms. The van der Waals surface area contributed by atoms with Crippen molar-refractivity contribution in [2.75, 3.05) is 7.11 Å². The van der Waals surface area contributed by atoms with Crippen molar-refractivity contribution in [2.24, 2.45) is 0 Å². The van der Waals surface area contributed by atoms with Gasteiger partial charge in [-0.3, -0.25) is 0 Å². The van der Waals surface area contributed by atoms with Crippen LogP contribution in [0.2, 0.25) is 0 Å². The van der Waals surface area contributed by atoms with Crippen molar-refractivity contribution in [3.63, 3.8) is 0 Å². The lowest BCUT2D eigenvalue weighted by Crippen LogP contribution is -2.33. The molecular formula is C18H23NOS. The molecule has 0 aliphatic heterocycles. The first-order valence-corrected chi connectivity index (χ1v) is 8.60. The molecule has 0 saturated heterocycles. The van der Waals surface area contributed by atoms with Crippen molar-refractivity contribution in [3.8, 4) is 5.75 Å². The molecule has 2 unspecified atom stereocenters. The fraction of sp³-hybridized carbons (Fsp3) is 0.444. The van der Waals surface area contributed by atoms with E-state index in [1.54, 1.807) is 12.0 Å². The molecule has 2 aromatic rings. The van der Waals surface area contributed by atoms with E-state index in [0.29, 0.717) is 12.1 Å². The van der Waals surface area contributed by atoms with Gasteiger partial charge < -0.3 is 10.1 Å². The maximum atomic E-state index is 5.45. The summed E-state index contributed by atoms with van der Waals surface area (Å²) in [6.45, 7) is 2.27. The van der Waals surface area contributed by atoms with Gasteiger partial charge in [0.1, 0.15) is 5.75 Å². The predicted molar refractivity (Wildman–Crippen MR) is 89.3 cm³/mol. The average Bonchev–Trinajstić information content (AvgIpc) is 2.97. The molecule has 3 rings (SSSR count). The number of methoxy groups -OCH3 is 1. The molecule has 2 atom stereocenters. The fourth-order valence-corrected chi connectivity index (χ4v) is 4.25. The van der Waals surface area contributed by atoms with E-state index in [0.717, 1.165) is 12.2 Å². The molecule has 0 radical (unpaired) electrons. The summed E-state index contributed by atoms with van der Waals surface area (Å²) in [5, 5.41) is 6.04. The molecule has 3 heteroatoms. The maximum absolute atomic E-state index is 5.45. The molecule has 1 N–H and O–H groups in total. The van der Waals surface area contributed by atoms with Gasteiger partial charge >= 0.3 is 0 Å². The minimum atomic E-state index is 0.442. The van der Waals surface area contributed by atoms with Gasteiger partial charge in [-0.05, 0) is 61.2 Å². The first-order valence-electron chi connectivity index (χ1n) is 7.72. The maximum Gasteiger partial charge on any atom is 0.122 e. The summed E-state index contributed by atoms with van der Waals surface area (Å²) >= 11 is 1.91. The van der Waals surface area contributed by atoms with E-state index < -0.39 is 0 Å². The molecule has 112 valence electrons. The van der Waals surface area contributed by atoms with Gasteiger partial charge in [0.15, 0.2) is 0 Å². The van der Waals surface area contributed by atoms with Crippen LogP contribution in [0.3, 0.4) is 0 Å². The first-order chi connectivity index (χ1) is 10.3. The van der Waals surface area contributed by atoms with Crippen molar-refractivity contribution < 1.29 is 4.74 Å². The normalized spacial score (nSPS) is 19.0. The third kappa shape index (κ3) is 3.30.